The maximum absolute atomic E-state index is 13.6. The molecule has 0 aliphatic rings. The van der Waals surface area contributed by atoms with E-state index in [0.29, 0.717) is 21.3 Å². The molecule has 2 aromatic carbocycles. The summed E-state index contributed by atoms with van der Waals surface area (Å²) in [5, 5.41) is 11.5. The fraction of sp³-hybridized carbons (Fsp3) is 0.0714. The lowest BCUT2D eigenvalue weighted by atomic mass is 10.2. The first-order valence-electron chi connectivity index (χ1n) is 5.75. The molecule has 0 aliphatic carbocycles. The smallest absolute Gasteiger partial charge is 0.170 e. The van der Waals surface area contributed by atoms with Gasteiger partial charge in [0.2, 0.25) is 0 Å². The van der Waals surface area contributed by atoms with E-state index in [2.05, 4.69) is 21.1 Å². The molecule has 104 valence electrons. The molecule has 0 saturated carbocycles. The Morgan fingerprint density at radius 3 is 2.80 bits per heavy atom. The van der Waals surface area contributed by atoms with Crippen LogP contribution in [-0.2, 0) is 6.61 Å². The molecule has 0 fully saturated rings. The summed E-state index contributed by atoms with van der Waals surface area (Å²) < 4.78 is 19.8. The fourth-order valence-electron chi connectivity index (χ4n) is 1.60. The van der Waals surface area contributed by atoms with Crippen LogP contribution < -0.4 is 10.5 Å². The molecule has 0 heterocycles. The third-order valence-corrected chi connectivity index (χ3v) is 3.14. The maximum atomic E-state index is 13.6. The first-order chi connectivity index (χ1) is 9.60. The molecule has 3 N–H and O–H groups in total. The summed E-state index contributed by atoms with van der Waals surface area (Å²) in [6.45, 7) is 0.0960. The first kappa shape index (κ1) is 14.3. The van der Waals surface area contributed by atoms with Gasteiger partial charge in [-0.1, -0.05) is 39.3 Å². The predicted molar refractivity (Wildman–Crippen MR) is 77.4 cm³/mol. The van der Waals surface area contributed by atoms with Gasteiger partial charge in [-0.2, -0.15) is 0 Å². The van der Waals surface area contributed by atoms with Gasteiger partial charge in [-0.05, 0) is 24.3 Å². The number of rotatable bonds is 4. The number of hydrogen-bond donors (Lipinski definition) is 2. The normalized spacial score (nSPS) is 11.4. The molecule has 2 rings (SSSR count). The predicted octanol–water partition coefficient (Wildman–Crippen LogP) is 3.26. The van der Waals surface area contributed by atoms with Crippen LogP contribution in [-0.4, -0.2) is 11.0 Å². The van der Waals surface area contributed by atoms with Gasteiger partial charge in [-0.25, -0.2) is 4.39 Å². The highest BCUT2D eigenvalue weighted by atomic mass is 79.9. The van der Waals surface area contributed by atoms with Crippen LogP contribution in [0.25, 0.3) is 0 Å². The lowest BCUT2D eigenvalue weighted by Gasteiger charge is -2.08. The highest BCUT2D eigenvalue weighted by molar-refractivity contribution is 9.10. The van der Waals surface area contributed by atoms with Crippen LogP contribution in [0.1, 0.15) is 11.1 Å². The second kappa shape index (κ2) is 6.38. The van der Waals surface area contributed by atoms with E-state index in [1.807, 2.05) is 0 Å². The maximum Gasteiger partial charge on any atom is 0.170 e. The molecule has 0 atom stereocenters. The molecule has 0 bridgehead atoms. The standard InChI is InChI=1S/C14H12BrFN2O2/c15-11-5-4-10(13(16)7-11)8-20-12-3-1-2-9(6-12)14(17)18-19/h1-7,19H,8H2,(H2,17,18). The Labute approximate surface area is 123 Å². The molecule has 2 aromatic rings. The van der Waals surface area contributed by atoms with E-state index in [4.69, 9.17) is 15.7 Å². The Balaban J connectivity index is 2.11. The number of ether oxygens (including phenoxy) is 1. The second-order valence-corrected chi connectivity index (χ2v) is 4.95. The average Bonchev–Trinajstić information content (AvgIpc) is 2.46. The van der Waals surface area contributed by atoms with Gasteiger partial charge in [0, 0.05) is 15.6 Å². The van der Waals surface area contributed by atoms with E-state index in [9.17, 15) is 4.39 Å². The Morgan fingerprint density at radius 2 is 2.10 bits per heavy atom. The highest BCUT2D eigenvalue weighted by Crippen LogP contribution is 2.19. The zero-order valence-corrected chi connectivity index (χ0v) is 12.0. The van der Waals surface area contributed by atoms with Crippen molar-refractivity contribution >= 4 is 21.8 Å². The number of oxime groups is 1. The molecule has 4 nitrogen and oxygen atoms in total. The summed E-state index contributed by atoms with van der Waals surface area (Å²) in [7, 11) is 0. The van der Waals surface area contributed by atoms with Gasteiger partial charge in [-0.3, -0.25) is 0 Å². The molecule has 20 heavy (non-hydrogen) atoms. The van der Waals surface area contributed by atoms with Crippen molar-refractivity contribution in [1.29, 1.82) is 0 Å². The lowest BCUT2D eigenvalue weighted by Crippen LogP contribution is -2.13. The van der Waals surface area contributed by atoms with Crippen molar-refractivity contribution in [1.82, 2.24) is 0 Å². The van der Waals surface area contributed by atoms with Crippen molar-refractivity contribution in [3.05, 3.63) is 63.9 Å². The van der Waals surface area contributed by atoms with Gasteiger partial charge < -0.3 is 15.7 Å². The number of nitrogens with zero attached hydrogens (tertiary/aromatic N) is 1. The quantitative estimate of drug-likeness (QED) is 0.389. The number of hydrogen-bond acceptors (Lipinski definition) is 3. The average molecular weight is 339 g/mol. The van der Waals surface area contributed by atoms with Crippen molar-refractivity contribution in [3.8, 4) is 5.75 Å². The van der Waals surface area contributed by atoms with E-state index in [-0.39, 0.29) is 18.3 Å². The topological polar surface area (TPSA) is 67.8 Å². The minimum absolute atomic E-state index is 0.00901. The van der Waals surface area contributed by atoms with Gasteiger partial charge in [0.1, 0.15) is 18.2 Å². The molecule has 0 saturated heterocycles. The van der Waals surface area contributed by atoms with Crippen LogP contribution in [0, 0.1) is 5.82 Å². The fourth-order valence-corrected chi connectivity index (χ4v) is 1.94. The summed E-state index contributed by atoms with van der Waals surface area (Å²) >= 11 is 3.19. The molecular weight excluding hydrogens is 327 g/mol. The van der Waals surface area contributed by atoms with Crippen molar-refractivity contribution in [2.24, 2.45) is 10.9 Å². The Hall–Kier alpha value is -2.08. The summed E-state index contributed by atoms with van der Waals surface area (Å²) in [6, 6.07) is 11.5. The Kier molecular flexibility index (Phi) is 4.57. The summed E-state index contributed by atoms with van der Waals surface area (Å²) in [5.74, 6) is 0.161. The largest absolute Gasteiger partial charge is 0.489 e. The van der Waals surface area contributed by atoms with Gasteiger partial charge in [-0.15, -0.1) is 0 Å². The van der Waals surface area contributed by atoms with E-state index in [0.717, 1.165) is 0 Å². The van der Waals surface area contributed by atoms with Crippen molar-refractivity contribution in [2.45, 2.75) is 6.61 Å². The summed E-state index contributed by atoms with van der Waals surface area (Å²) in [6.07, 6.45) is 0. The van der Waals surface area contributed by atoms with Crippen LogP contribution >= 0.6 is 15.9 Å². The SMILES string of the molecule is N/C(=N\O)c1cccc(OCc2ccc(Br)cc2F)c1. The van der Waals surface area contributed by atoms with Gasteiger partial charge in [0.25, 0.3) is 0 Å². The van der Waals surface area contributed by atoms with Gasteiger partial charge in [0.15, 0.2) is 5.84 Å². The minimum atomic E-state index is -0.341. The molecule has 0 aromatic heterocycles. The second-order valence-electron chi connectivity index (χ2n) is 4.04. The monoisotopic (exact) mass is 338 g/mol. The lowest BCUT2D eigenvalue weighted by molar-refractivity contribution is 0.299. The molecule has 0 amide bonds. The van der Waals surface area contributed by atoms with E-state index >= 15 is 0 Å². The molecule has 0 radical (unpaired) electrons. The third kappa shape index (κ3) is 3.48. The molecule has 0 aliphatic heterocycles. The van der Waals surface area contributed by atoms with Crippen LogP contribution in [0.15, 0.2) is 52.1 Å². The van der Waals surface area contributed by atoms with Crippen molar-refractivity contribution < 1.29 is 14.3 Å². The first-order valence-corrected chi connectivity index (χ1v) is 6.54. The van der Waals surface area contributed by atoms with E-state index in [1.54, 1.807) is 36.4 Å². The van der Waals surface area contributed by atoms with E-state index < -0.39 is 0 Å². The van der Waals surface area contributed by atoms with Crippen LogP contribution in [0.3, 0.4) is 0 Å². The van der Waals surface area contributed by atoms with Gasteiger partial charge in [0.05, 0.1) is 0 Å². The van der Waals surface area contributed by atoms with Crippen LogP contribution in [0.2, 0.25) is 0 Å². The van der Waals surface area contributed by atoms with Crippen LogP contribution in [0.4, 0.5) is 4.39 Å². The number of benzene rings is 2. The summed E-state index contributed by atoms with van der Waals surface area (Å²) in [5.41, 5.74) is 6.47. The van der Waals surface area contributed by atoms with Gasteiger partial charge >= 0.3 is 0 Å². The molecular formula is C14H12BrFN2O2. The third-order valence-electron chi connectivity index (χ3n) is 2.65. The zero-order chi connectivity index (χ0) is 14.5. The van der Waals surface area contributed by atoms with E-state index in [1.165, 1.54) is 6.07 Å². The number of amidine groups is 1. The molecule has 0 spiro atoms. The number of halogens is 2. The Bertz CT molecular complexity index is 647. The van der Waals surface area contributed by atoms with Crippen molar-refractivity contribution in [2.75, 3.05) is 0 Å². The molecule has 0 unspecified atom stereocenters. The summed E-state index contributed by atoms with van der Waals surface area (Å²) in [4.78, 5) is 0. The van der Waals surface area contributed by atoms with Crippen molar-refractivity contribution in [3.63, 3.8) is 0 Å². The zero-order valence-electron chi connectivity index (χ0n) is 10.4. The van der Waals surface area contributed by atoms with Crippen LogP contribution in [0.5, 0.6) is 5.75 Å². The molecule has 6 heteroatoms. The Morgan fingerprint density at radius 1 is 1.30 bits per heavy atom. The minimum Gasteiger partial charge on any atom is -0.489 e. The highest BCUT2D eigenvalue weighted by Gasteiger charge is 2.05. The number of nitrogens with two attached hydrogens (primary N) is 1.